The standard InChI is InChI=1S/C23H27N3O2/c1-15-13-26(3)23(28)20-18(14-25(2)21(15)20)22(27)24-19-12-8-7-11-17(19)16-9-5-4-6-10-16/h4-6,9-10,13-14,17,19H,7-8,11-12H2,1-3H3,(H,24,27). The lowest BCUT2D eigenvalue weighted by Gasteiger charge is -2.32. The number of aromatic nitrogens is 2. The van der Waals surface area contributed by atoms with Crippen LogP contribution in [0.4, 0.5) is 0 Å². The first kappa shape index (κ1) is 18.5. The van der Waals surface area contributed by atoms with Crippen molar-refractivity contribution in [2.24, 2.45) is 14.1 Å². The molecule has 1 aromatic carbocycles. The molecule has 1 N–H and O–H groups in total. The molecule has 5 nitrogen and oxygen atoms in total. The third-order valence-corrected chi connectivity index (χ3v) is 6.03. The molecule has 1 saturated carbocycles. The van der Waals surface area contributed by atoms with Crippen LogP contribution in [0.15, 0.2) is 47.5 Å². The third kappa shape index (κ3) is 3.15. The lowest BCUT2D eigenvalue weighted by molar-refractivity contribution is 0.0922. The van der Waals surface area contributed by atoms with Crippen molar-refractivity contribution in [2.75, 3.05) is 0 Å². The molecule has 0 radical (unpaired) electrons. The van der Waals surface area contributed by atoms with Crippen LogP contribution in [0.3, 0.4) is 0 Å². The van der Waals surface area contributed by atoms with Gasteiger partial charge in [0.1, 0.15) is 0 Å². The summed E-state index contributed by atoms with van der Waals surface area (Å²) in [6.07, 6.45) is 7.94. The Morgan fingerprint density at radius 1 is 1.04 bits per heavy atom. The van der Waals surface area contributed by atoms with Gasteiger partial charge in [-0.3, -0.25) is 9.59 Å². The van der Waals surface area contributed by atoms with Crippen molar-refractivity contribution in [2.45, 2.75) is 44.6 Å². The van der Waals surface area contributed by atoms with Gasteiger partial charge in [0.05, 0.1) is 16.5 Å². The van der Waals surface area contributed by atoms with Gasteiger partial charge in [0.2, 0.25) is 0 Å². The second kappa shape index (κ2) is 7.30. The van der Waals surface area contributed by atoms with Crippen LogP contribution in [0.25, 0.3) is 10.9 Å². The Morgan fingerprint density at radius 3 is 2.50 bits per heavy atom. The highest BCUT2D eigenvalue weighted by atomic mass is 16.2. The molecule has 0 saturated heterocycles. The van der Waals surface area contributed by atoms with Gasteiger partial charge in [-0.1, -0.05) is 43.2 Å². The Labute approximate surface area is 165 Å². The van der Waals surface area contributed by atoms with Gasteiger partial charge in [-0.05, 0) is 30.9 Å². The van der Waals surface area contributed by atoms with E-state index in [4.69, 9.17) is 0 Å². The molecule has 2 heterocycles. The maximum absolute atomic E-state index is 13.2. The normalized spacial score (nSPS) is 19.7. The van der Waals surface area contributed by atoms with Crippen LogP contribution in [0.1, 0.15) is 53.1 Å². The highest BCUT2D eigenvalue weighted by Gasteiger charge is 2.29. The predicted molar refractivity (Wildman–Crippen MR) is 112 cm³/mol. The van der Waals surface area contributed by atoms with E-state index in [1.165, 1.54) is 12.0 Å². The second-order valence-electron chi connectivity index (χ2n) is 7.99. The number of aryl methyl sites for hydroxylation is 3. The number of benzene rings is 1. The van der Waals surface area contributed by atoms with Crippen molar-refractivity contribution >= 4 is 16.8 Å². The summed E-state index contributed by atoms with van der Waals surface area (Å²) in [6.45, 7) is 1.97. The van der Waals surface area contributed by atoms with E-state index in [0.29, 0.717) is 16.9 Å². The summed E-state index contributed by atoms with van der Waals surface area (Å²) in [6, 6.07) is 10.5. The molecule has 146 valence electrons. The highest BCUT2D eigenvalue weighted by molar-refractivity contribution is 6.07. The highest BCUT2D eigenvalue weighted by Crippen LogP contribution is 2.33. The molecule has 2 unspecified atom stereocenters. The first-order valence-corrected chi connectivity index (χ1v) is 9.98. The van der Waals surface area contributed by atoms with Gasteiger partial charge in [-0.2, -0.15) is 0 Å². The third-order valence-electron chi connectivity index (χ3n) is 6.03. The van der Waals surface area contributed by atoms with E-state index in [-0.39, 0.29) is 17.5 Å². The van der Waals surface area contributed by atoms with Crippen molar-refractivity contribution in [3.63, 3.8) is 0 Å². The average Bonchev–Trinajstić information content (AvgIpc) is 3.05. The van der Waals surface area contributed by atoms with Gasteiger partial charge in [-0.15, -0.1) is 0 Å². The number of rotatable bonds is 3. The molecular formula is C23H27N3O2. The Balaban J connectivity index is 1.69. The molecule has 2 atom stereocenters. The maximum Gasteiger partial charge on any atom is 0.260 e. The molecule has 4 rings (SSSR count). The van der Waals surface area contributed by atoms with Gasteiger partial charge in [0, 0.05) is 38.4 Å². The van der Waals surface area contributed by atoms with E-state index in [1.54, 1.807) is 17.8 Å². The molecule has 2 aromatic heterocycles. The SMILES string of the molecule is Cc1cn(C)c(=O)c2c(C(=O)NC3CCCCC3c3ccccc3)cn(C)c12. The summed E-state index contributed by atoms with van der Waals surface area (Å²) in [7, 11) is 3.62. The van der Waals surface area contributed by atoms with Crippen LogP contribution in [0, 0.1) is 6.92 Å². The topological polar surface area (TPSA) is 56.0 Å². The summed E-state index contributed by atoms with van der Waals surface area (Å²) in [5.41, 5.74) is 3.43. The van der Waals surface area contributed by atoms with Crippen LogP contribution in [0.2, 0.25) is 0 Å². The molecule has 1 fully saturated rings. The Morgan fingerprint density at radius 2 is 1.75 bits per heavy atom. The van der Waals surface area contributed by atoms with Crippen LogP contribution >= 0.6 is 0 Å². The van der Waals surface area contributed by atoms with Crippen molar-refractivity contribution in [3.8, 4) is 0 Å². The Hall–Kier alpha value is -2.82. The van der Waals surface area contributed by atoms with Crippen LogP contribution < -0.4 is 10.9 Å². The average molecular weight is 377 g/mol. The number of carbonyl (C=O) groups is 1. The first-order valence-electron chi connectivity index (χ1n) is 9.98. The lowest BCUT2D eigenvalue weighted by Crippen LogP contribution is -2.41. The van der Waals surface area contributed by atoms with E-state index in [9.17, 15) is 9.59 Å². The van der Waals surface area contributed by atoms with E-state index >= 15 is 0 Å². The number of amides is 1. The predicted octanol–water partition coefficient (Wildman–Crippen LogP) is 3.64. The van der Waals surface area contributed by atoms with E-state index < -0.39 is 0 Å². The first-order chi connectivity index (χ1) is 13.5. The summed E-state index contributed by atoms with van der Waals surface area (Å²) in [5.74, 6) is 0.166. The molecule has 0 bridgehead atoms. The molecular weight excluding hydrogens is 350 g/mol. The van der Waals surface area contributed by atoms with Crippen LogP contribution in [-0.2, 0) is 14.1 Å². The minimum absolute atomic E-state index is 0.0903. The van der Waals surface area contributed by atoms with Crippen molar-refractivity contribution in [1.29, 1.82) is 0 Å². The summed E-state index contributed by atoms with van der Waals surface area (Å²) < 4.78 is 3.44. The lowest BCUT2D eigenvalue weighted by atomic mass is 9.80. The molecule has 28 heavy (non-hydrogen) atoms. The van der Waals surface area contributed by atoms with E-state index in [2.05, 4.69) is 29.6 Å². The number of hydrogen-bond donors (Lipinski definition) is 1. The van der Waals surface area contributed by atoms with E-state index in [1.807, 2.05) is 30.8 Å². The van der Waals surface area contributed by atoms with E-state index in [0.717, 1.165) is 30.3 Å². The molecule has 0 spiro atoms. The zero-order chi connectivity index (χ0) is 19.8. The fourth-order valence-corrected chi connectivity index (χ4v) is 4.73. The monoisotopic (exact) mass is 377 g/mol. The largest absolute Gasteiger partial charge is 0.349 e. The molecule has 1 amide bonds. The Kier molecular flexibility index (Phi) is 4.84. The summed E-state index contributed by atoms with van der Waals surface area (Å²) in [4.78, 5) is 26.0. The maximum atomic E-state index is 13.2. The van der Waals surface area contributed by atoms with Gasteiger partial charge in [-0.25, -0.2) is 0 Å². The van der Waals surface area contributed by atoms with Crippen molar-refractivity contribution in [3.05, 3.63) is 69.8 Å². The minimum Gasteiger partial charge on any atom is -0.349 e. The van der Waals surface area contributed by atoms with Gasteiger partial charge in [0.15, 0.2) is 0 Å². The number of nitrogens with zero attached hydrogens (tertiary/aromatic N) is 2. The summed E-state index contributed by atoms with van der Waals surface area (Å²) in [5, 5.41) is 3.76. The zero-order valence-electron chi connectivity index (χ0n) is 16.7. The minimum atomic E-state index is -0.152. The molecule has 1 aliphatic carbocycles. The fourth-order valence-electron chi connectivity index (χ4n) is 4.73. The van der Waals surface area contributed by atoms with Crippen molar-refractivity contribution < 1.29 is 4.79 Å². The molecule has 1 aliphatic rings. The van der Waals surface area contributed by atoms with Crippen LogP contribution in [0.5, 0.6) is 0 Å². The zero-order valence-corrected chi connectivity index (χ0v) is 16.7. The smallest absolute Gasteiger partial charge is 0.260 e. The fraction of sp³-hybridized carbons (Fsp3) is 0.391. The van der Waals surface area contributed by atoms with Crippen LogP contribution in [-0.4, -0.2) is 21.1 Å². The Bertz CT molecular complexity index is 1080. The molecule has 0 aliphatic heterocycles. The molecule has 3 aromatic rings. The van der Waals surface area contributed by atoms with Crippen molar-refractivity contribution in [1.82, 2.24) is 14.5 Å². The molecule has 5 heteroatoms. The number of nitrogens with one attached hydrogen (secondary N) is 1. The second-order valence-corrected chi connectivity index (χ2v) is 7.99. The quantitative estimate of drug-likeness (QED) is 0.758. The number of fused-ring (bicyclic) bond motifs is 1. The number of carbonyl (C=O) groups excluding carboxylic acids is 1. The van der Waals surface area contributed by atoms with Gasteiger partial charge >= 0.3 is 0 Å². The summed E-state index contributed by atoms with van der Waals surface area (Å²) >= 11 is 0. The number of pyridine rings is 1. The number of hydrogen-bond acceptors (Lipinski definition) is 2. The van der Waals surface area contributed by atoms with Gasteiger partial charge in [0.25, 0.3) is 11.5 Å². The van der Waals surface area contributed by atoms with Gasteiger partial charge < -0.3 is 14.5 Å².